The third-order valence-electron chi connectivity index (χ3n) is 5.68. The topological polar surface area (TPSA) is 78.4 Å². The van der Waals surface area contributed by atoms with Gasteiger partial charge in [-0.3, -0.25) is 0 Å². The van der Waals surface area contributed by atoms with E-state index >= 15 is 0 Å². The normalized spacial score (nSPS) is 17.8. The summed E-state index contributed by atoms with van der Waals surface area (Å²) in [6, 6.07) is 7.59. The predicted octanol–water partition coefficient (Wildman–Crippen LogP) is 2.61. The van der Waals surface area contributed by atoms with Crippen molar-refractivity contribution in [2.75, 3.05) is 42.9 Å². The van der Waals surface area contributed by atoms with Crippen molar-refractivity contribution in [2.45, 2.75) is 44.4 Å². The molecule has 156 valence electrons. The quantitative estimate of drug-likeness (QED) is 0.809. The van der Waals surface area contributed by atoms with Gasteiger partial charge in [-0.25, -0.2) is 13.4 Å². The lowest BCUT2D eigenvalue weighted by Gasteiger charge is -2.34. The zero-order valence-corrected chi connectivity index (χ0v) is 18.0. The van der Waals surface area contributed by atoms with Crippen LogP contribution in [0.15, 0.2) is 29.2 Å². The number of hydrogen-bond acceptors (Lipinski definition) is 6. The molecule has 2 heterocycles. The van der Waals surface area contributed by atoms with Gasteiger partial charge in [0, 0.05) is 44.5 Å². The summed E-state index contributed by atoms with van der Waals surface area (Å²) < 4.78 is 27.9. The van der Waals surface area contributed by atoms with E-state index < -0.39 is 10.0 Å². The van der Waals surface area contributed by atoms with Gasteiger partial charge < -0.3 is 10.2 Å². The van der Waals surface area contributed by atoms with Crippen molar-refractivity contribution >= 4 is 21.8 Å². The van der Waals surface area contributed by atoms with Crippen molar-refractivity contribution in [1.82, 2.24) is 14.3 Å². The van der Waals surface area contributed by atoms with Crippen LogP contribution < -0.4 is 10.2 Å². The Kier molecular flexibility index (Phi) is 5.74. The van der Waals surface area contributed by atoms with Crippen LogP contribution in [0, 0.1) is 6.92 Å². The standard InChI is InChI=1S/C21H29N5O2S/c1-3-22-20-14-16(2)23-21(24-20)25-10-12-26(13-11-25)29(27,28)19-9-8-17-6-4-5-7-18(17)15-19/h8-9,14-15H,3-7,10-13H2,1-2H3,(H,22,23,24). The summed E-state index contributed by atoms with van der Waals surface area (Å²) >= 11 is 0. The summed E-state index contributed by atoms with van der Waals surface area (Å²) in [4.78, 5) is 11.6. The fourth-order valence-electron chi connectivity index (χ4n) is 4.11. The minimum absolute atomic E-state index is 0.424. The SMILES string of the molecule is CCNc1cc(C)nc(N2CCN(S(=O)(=O)c3ccc4c(c3)CCCC4)CC2)n1. The van der Waals surface area contributed by atoms with Crippen LogP contribution in [0.3, 0.4) is 0 Å². The minimum atomic E-state index is -3.47. The Balaban J connectivity index is 1.48. The van der Waals surface area contributed by atoms with Crippen LogP contribution in [0.1, 0.15) is 36.6 Å². The highest BCUT2D eigenvalue weighted by Gasteiger charge is 2.30. The number of piperazine rings is 1. The van der Waals surface area contributed by atoms with Gasteiger partial charge in [-0.2, -0.15) is 9.29 Å². The van der Waals surface area contributed by atoms with Crippen LogP contribution in [-0.2, 0) is 22.9 Å². The maximum absolute atomic E-state index is 13.2. The molecule has 1 aromatic heterocycles. The van der Waals surface area contributed by atoms with Crippen LogP contribution in [-0.4, -0.2) is 55.4 Å². The van der Waals surface area contributed by atoms with Crippen LogP contribution in [0.5, 0.6) is 0 Å². The number of nitrogens with zero attached hydrogens (tertiary/aromatic N) is 4. The van der Waals surface area contributed by atoms with Gasteiger partial charge in [0.15, 0.2) is 0 Å². The van der Waals surface area contributed by atoms with Gasteiger partial charge in [0.2, 0.25) is 16.0 Å². The Hall–Kier alpha value is -2.19. The first-order valence-corrected chi connectivity index (χ1v) is 11.9. The molecule has 1 aliphatic carbocycles. The number of hydrogen-bond donors (Lipinski definition) is 1. The van der Waals surface area contributed by atoms with E-state index in [0.717, 1.165) is 37.3 Å². The van der Waals surface area contributed by atoms with E-state index in [0.29, 0.717) is 37.0 Å². The molecule has 0 bridgehead atoms. The molecule has 1 aliphatic heterocycles. The molecular formula is C21H29N5O2S. The Labute approximate surface area is 173 Å². The predicted molar refractivity (Wildman–Crippen MR) is 115 cm³/mol. The van der Waals surface area contributed by atoms with E-state index in [2.05, 4.69) is 20.2 Å². The smallest absolute Gasteiger partial charge is 0.243 e. The first-order valence-electron chi connectivity index (χ1n) is 10.4. The highest BCUT2D eigenvalue weighted by atomic mass is 32.2. The summed E-state index contributed by atoms with van der Waals surface area (Å²) in [7, 11) is -3.47. The number of anilines is 2. The minimum Gasteiger partial charge on any atom is -0.370 e. The van der Waals surface area contributed by atoms with Crippen LogP contribution in [0.25, 0.3) is 0 Å². The zero-order chi connectivity index (χ0) is 20.4. The summed E-state index contributed by atoms with van der Waals surface area (Å²) in [5.41, 5.74) is 3.39. The second-order valence-corrected chi connectivity index (χ2v) is 9.69. The Morgan fingerprint density at radius 2 is 1.72 bits per heavy atom. The number of fused-ring (bicyclic) bond motifs is 1. The number of rotatable bonds is 5. The van der Waals surface area contributed by atoms with Crippen molar-refractivity contribution in [3.8, 4) is 0 Å². The summed E-state index contributed by atoms with van der Waals surface area (Å²) in [5, 5.41) is 3.22. The third-order valence-corrected chi connectivity index (χ3v) is 7.57. The molecule has 1 saturated heterocycles. The van der Waals surface area contributed by atoms with Gasteiger partial charge in [-0.05, 0) is 62.8 Å². The maximum atomic E-state index is 13.2. The molecule has 2 aromatic rings. The molecule has 0 atom stereocenters. The molecule has 0 unspecified atom stereocenters. The van der Waals surface area contributed by atoms with E-state index in [4.69, 9.17) is 0 Å². The van der Waals surface area contributed by atoms with Gasteiger partial charge in [-0.15, -0.1) is 0 Å². The van der Waals surface area contributed by atoms with E-state index in [1.54, 1.807) is 10.4 Å². The van der Waals surface area contributed by atoms with Gasteiger partial charge in [0.05, 0.1) is 4.90 Å². The Bertz CT molecular complexity index is 985. The molecule has 0 saturated carbocycles. The van der Waals surface area contributed by atoms with Crippen LogP contribution in [0.4, 0.5) is 11.8 Å². The lowest BCUT2D eigenvalue weighted by Crippen LogP contribution is -2.49. The molecule has 8 heteroatoms. The molecule has 4 rings (SSSR count). The molecule has 1 fully saturated rings. The zero-order valence-electron chi connectivity index (χ0n) is 17.2. The van der Waals surface area contributed by atoms with Gasteiger partial charge in [-0.1, -0.05) is 6.07 Å². The summed E-state index contributed by atoms with van der Waals surface area (Å²) in [6.45, 7) is 6.81. The molecule has 7 nitrogen and oxygen atoms in total. The first-order chi connectivity index (χ1) is 14.0. The highest BCUT2D eigenvalue weighted by molar-refractivity contribution is 7.89. The molecule has 1 N–H and O–H groups in total. The van der Waals surface area contributed by atoms with Crippen LogP contribution >= 0.6 is 0 Å². The van der Waals surface area contributed by atoms with Crippen molar-refractivity contribution in [2.24, 2.45) is 0 Å². The fourth-order valence-corrected chi connectivity index (χ4v) is 5.59. The first kappa shape index (κ1) is 20.1. The lowest BCUT2D eigenvalue weighted by atomic mass is 9.92. The second-order valence-electron chi connectivity index (χ2n) is 7.75. The van der Waals surface area contributed by atoms with Crippen molar-refractivity contribution in [1.29, 1.82) is 0 Å². The van der Waals surface area contributed by atoms with Crippen molar-refractivity contribution in [3.05, 3.63) is 41.1 Å². The van der Waals surface area contributed by atoms with E-state index in [1.165, 1.54) is 17.5 Å². The van der Waals surface area contributed by atoms with Gasteiger partial charge >= 0.3 is 0 Å². The number of aromatic nitrogens is 2. The van der Waals surface area contributed by atoms with E-state index in [9.17, 15) is 8.42 Å². The molecule has 0 spiro atoms. The van der Waals surface area contributed by atoms with E-state index in [1.807, 2.05) is 32.0 Å². The number of nitrogens with one attached hydrogen (secondary N) is 1. The Morgan fingerprint density at radius 1 is 1.00 bits per heavy atom. The second kappa shape index (κ2) is 8.28. The van der Waals surface area contributed by atoms with Crippen LogP contribution in [0.2, 0.25) is 0 Å². The fraction of sp³-hybridized carbons (Fsp3) is 0.524. The molecule has 0 amide bonds. The molecule has 1 aromatic carbocycles. The van der Waals surface area contributed by atoms with E-state index in [-0.39, 0.29) is 0 Å². The van der Waals surface area contributed by atoms with Crippen molar-refractivity contribution < 1.29 is 8.42 Å². The number of benzene rings is 1. The largest absolute Gasteiger partial charge is 0.370 e. The third kappa shape index (κ3) is 4.23. The summed E-state index contributed by atoms with van der Waals surface area (Å²) in [5.74, 6) is 1.46. The molecule has 0 radical (unpaired) electrons. The number of aryl methyl sites for hydroxylation is 3. The average Bonchev–Trinajstić information content (AvgIpc) is 2.73. The molecule has 2 aliphatic rings. The lowest BCUT2D eigenvalue weighted by molar-refractivity contribution is 0.382. The van der Waals surface area contributed by atoms with Gasteiger partial charge in [0.1, 0.15) is 5.82 Å². The summed E-state index contributed by atoms with van der Waals surface area (Å²) in [6.07, 6.45) is 4.36. The highest BCUT2D eigenvalue weighted by Crippen LogP contribution is 2.26. The maximum Gasteiger partial charge on any atom is 0.243 e. The van der Waals surface area contributed by atoms with Gasteiger partial charge in [0.25, 0.3) is 0 Å². The average molecular weight is 416 g/mol. The Morgan fingerprint density at radius 3 is 2.45 bits per heavy atom. The van der Waals surface area contributed by atoms with Crippen molar-refractivity contribution in [3.63, 3.8) is 0 Å². The molecule has 29 heavy (non-hydrogen) atoms. The monoisotopic (exact) mass is 415 g/mol. The number of sulfonamides is 1. The molecular weight excluding hydrogens is 386 g/mol.